The molecule has 0 unspecified atom stereocenters. The average Bonchev–Trinajstić information content (AvgIpc) is 3.30. The molecule has 10 nitrogen and oxygen atoms in total. The van der Waals surface area contributed by atoms with Crippen LogP contribution in [0.2, 0.25) is 5.02 Å². The maximum Gasteiger partial charge on any atom is 0.229 e. The fourth-order valence-electron chi connectivity index (χ4n) is 4.06. The van der Waals surface area contributed by atoms with Crippen molar-refractivity contribution in [1.29, 1.82) is 5.26 Å². The van der Waals surface area contributed by atoms with Crippen LogP contribution < -0.4 is 15.5 Å². The zero-order chi connectivity index (χ0) is 24.4. The highest BCUT2D eigenvalue weighted by Crippen LogP contribution is 2.26. The highest BCUT2D eigenvalue weighted by atomic mass is 35.5. The molecule has 35 heavy (non-hydrogen) atoms. The first-order valence-corrected chi connectivity index (χ1v) is 11.5. The lowest BCUT2D eigenvalue weighted by Crippen LogP contribution is -2.39. The molecule has 1 fully saturated rings. The summed E-state index contributed by atoms with van der Waals surface area (Å²) in [6, 6.07) is 9.62. The number of pyridine rings is 2. The van der Waals surface area contributed by atoms with Crippen molar-refractivity contribution in [2.75, 3.05) is 28.6 Å². The zero-order valence-corrected chi connectivity index (χ0v) is 19.7. The van der Waals surface area contributed by atoms with E-state index >= 15 is 0 Å². The number of aromatic nitrogens is 5. The summed E-state index contributed by atoms with van der Waals surface area (Å²) in [5.41, 5.74) is 2.48. The van der Waals surface area contributed by atoms with E-state index < -0.39 is 0 Å². The van der Waals surface area contributed by atoms with E-state index in [-0.39, 0.29) is 11.8 Å². The molecule has 1 aliphatic rings. The van der Waals surface area contributed by atoms with E-state index in [2.05, 4.69) is 41.5 Å². The lowest BCUT2D eigenvalue weighted by atomic mass is 10.0. The topological polar surface area (TPSA) is 124 Å². The second-order valence-corrected chi connectivity index (χ2v) is 8.69. The first-order valence-electron chi connectivity index (χ1n) is 11.2. The van der Waals surface area contributed by atoms with Gasteiger partial charge in [0.15, 0.2) is 11.6 Å². The number of hydrogen-bond acceptors (Lipinski definition) is 9. The van der Waals surface area contributed by atoms with Gasteiger partial charge in [0.2, 0.25) is 5.95 Å². The van der Waals surface area contributed by atoms with Crippen molar-refractivity contribution in [2.24, 2.45) is 0 Å². The number of hydrogen-bond donors (Lipinski definition) is 2. The molecule has 5 heterocycles. The van der Waals surface area contributed by atoms with Gasteiger partial charge in [-0.1, -0.05) is 11.6 Å². The Balaban J connectivity index is 1.24. The highest BCUT2D eigenvalue weighted by molar-refractivity contribution is 6.32. The second-order valence-electron chi connectivity index (χ2n) is 8.28. The summed E-state index contributed by atoms with van der Waals surface area (Å²) in [7, 11) is 0. The predicted molar refractivity (Wildman–Crippen MR) is 133 cm³/mol. The summed E-state index contributed by atoms with van der Waals surface area (Å²) in [5.74, 6) is 1.80. The maximum atomic E-state index is 11.7. The highest BCUT2D eigenvalue weighted by Gasteiger charge is 2.21. The molecule has 4 aromatic heterocycles. The van der Waals surface area contributed by atoms with E-state index in [0.717, 1.165) is 37.4 Å². The van der Waals surface area contributed by atoms with Gasteiger partial charge in [0, 0.05) is 50.2 Å². The second kappa shape index (κ2) is 9.56. The summed E-state index contributed by atoms with van der Waals surface area (Å²) < 4.78 is 1.74. The Hall–Kier alpha value is -4.23. The first-order chi connectivity index (χ1) is 17.0. The molecule has 2 N–H and O–H groups in total. The summed E-state index contributed by atoms with van der Waals surface area (Å²) in [6.07, 6.45) is 8.29. The Labute approximate surface area is 206 Å². The molecular formula is C24H22ClN9O. The number of imidazole rings is 1. The van der Waals surface area contributed by atoms with Crippen LogP contribution >= 0.6 is 11.6 Å². The largest absolute Gasteiger partial charge is 0.366 e. The first kappa shape index (κ1) is 22.6. The fourth-order valence-corrected chi connectivity index (χ4v) is 4.21. The number of nitrogens with zero attached hydrogens (tertiary/aromatic N) is 7. The van der Waals surface area contributed by atoms with Crippen LogP contribution in [0.1, 0.15) is 35.8 Å². The molecule has 0 bridgehead atoms. The van der Waals surface area contributed by atoms with Crippen LogP contribution in [0.4, 0.5) is 23.3 Å². The lowest BCUT2D eigenvalue weighted by Gasteiger charge is -2.33. The van der Waals surface area contributed by atoms with Gasteiger partial charge >= 0.3 is 0 Å². The van der Waals surface area contributed by atoms with Gasteiger partial charge in [0.1, 0.15) is 28.3 Å². The third kappa shape index (κ3) is 4.85. The minimum Gasteiger partial charge on any atom is -0.366 e. The number of rotatable bonds is 6. The predicted octanol–water partition coefficient (Wildman–Crippen LogP) is 4.07. The van der Waals surface area contributed by atoms with Gasteiger partial charge in [0.05, 0.1) is 18.0 Å². The molecule has 0 amide bonds. The molecule has 1 saturated heterocycles. The van der Waals surface area contributed by atoms with Crippen molar-refractivity contribution in [3.63, 3.8) is 0 Å². The van der Waals surface area contributed by atoms with Crippen molar-refractivity contribution >= 4 is 46.3 Å². The Bertz CT molecular complexity index is 1420. The Morgan fingerprint density at radius 3 is 2.69 bits per heavy atom. The Morgan fingerprint density at radius 1 is 1.14 bits per heavy atom. The number of nitrogens with one attached hydrogen (secondary N) is 2. The molecule has 11 heteroatoms. The van der Waals surface area contributed by atoms with Crippen molar-refractivity contribution in [2.45, 2.75) is 25.8 Å². The van der Waals surface area contributed by atoms with E-state index in [9.17, 15) is 4.79 Å². The third-order valence-electron chi connectivity index (χ3n) is 5.91. The van der Waals surface area contributed by atoms with Crippen LogP contribution in [0.25, 0.3) is 5.65 Å². The quantitative estimate of drug-likeness (QED) is 0.387. The SMILES string of the molecule is CC(=O)c1cnc2cc(Nc3ncc(Cl)c(NC4CCN(c5ccc(C#N)cn5)CC4)n3)ccn12. The number of Topliss-reactive ketones (excluding diaryl/α,β-unsaturated/α-hetero) is 1. The van der Waals surface area contributed by atoms with Gasteiger partial charge in [-0.2, -0.15) is 10.2 Å². The molecular weight excluding hydrogens is 466 g/mol. The number of anilines is 4. The van der Waals surface area contributed by atoms with Gasteiger partial charge in [-0.25, -0.2) is 15.0 Å². The molecule has 5 rings (SSSR count). The third-order valence-corrected chi connectivity index (χ3v) is 6.19. The summed E-state index contributed by atoms with van der Waals surface area (Å²) in [5, 5.41) is 16.0. The maximum absolute atomic E-state index is 11.7. The fraction of sp³-hybridized carbons (Fsp3) is 0.250. The molecule has 0 spiro atoms. The smallest absolute Gasteiger partial charge is 0.229 e. The van der Waals surface area contributed by atoms with Crippen molar-refractivity contribution in [3.05, 3.63) is 65.3 Å². The van der Waals surface area contributed by atoms with Crippen LogP contribution in [0.3, 0.4) is 0 Å². The number of fused-ring (bicyclic) bond motifs is 1. The normalized spacial score (nSPS) is 14.0. The zero-order valence-electron chi connectivity index (χ0n) is 18.9. The van der Waals surface area contributed by atoms with E-state index in [1.54, 1.807) is 35.3 Å². The van der Waals surface area contributed by atoms with Gasteiger partial charge in [-0.05, 0) is 31.0 Å². The molecule has 176 valence electrons. The number of carbonyl (C=O) groups is 1. The average molecular weight is 488 g/mol. The summed E-state index contributed by atoms with van der Waals surface area (Å²) in [6.45, 7) is 3.17. The number of piperidine rings is 1. The summed E-state index contributed by atoms with van der Waals surface area (Å²) >= 11 is 6.37. The molecule has 4 aromatic rings. The van der Waals surface area contributed by atoms with E-state index in [4.69, 9.17) is 16.9 Å². The summed E-state index contributed by atoms with van der Waals surface area (Å²) in [4.78, 5) is 31.5. The van der Waals surface area contributed by atoms with Crippen LogP contribution in [-0.4, -0.2) is 49.3 Å². The number of carbonyl (C=O) groups excluding carboxylic acids is 1. The monoisotopic (exact) mass is 487 g/mol. The van der Waals surface area contributed by atoms with Crippen LogP contribution in [0.15, 0.2) is 49.1 Å². The van der Waals surface area contributed by atoms with Gasteiger partial charge in [0.25, 0.3) is 0 Å². The van der Waals surface area contributed by atoms with E-state index in [1.807, 2.05) is 18.2 Å². The standard InChI is InChI=1S/C24H22ClN9O/c1-15(35)20-14-28-22-10-18(6-9-34(20)22)31-24-29-13-19(25)23(32-24)30-17-4-7-33(8-5-17)21-3-2-16(11-26)12-27-21/h2-3,6,9-10,12-14,17H,4-5,7-8H2,1H3,(H2,29,30,31,32). The van der Waals surface area contributed by atoms with Gasteiger partial charge in [-0.3, -0.25) is 9.20 Å². The van der Waals surface area contributed by atoms with Gasteiger partial charge in [-0.15, -0.1) is 0 Å². The Kier molecular flexibility index (Phi) is 6.16. The number of nitriles is 1. The van der Waals surface area contributed by atoms with Crippen molar-refractivity contribution in [3.8, 4) is 6.07 Å². The molecule has 0 aliphatic carbocycles. The molecule has 0 saturated carbocycles. The Morgan fingerprint density at radius 2 is 1.97 bits per heavy atom. The minimum absolute atomic E-state index is 0.0473. The van der Waals surface area contributed by atoms with Crippen molar-refractivity contribution < 1.29 is 4.79 Å². The molecule has 0 aromatic carbocycles. The molecule has 0 atom stereocenters. The molecule has 1 aliphatic heterocycles. The lowest BCUT2D eigenvalue weighted by molar-refractivity contribution is 0.101. The van der Waals surface area contributed by atoms with Gasteiger partial charge < -0.3 is 15.5 Å². The van der Waals surface area contributed by atoms with Crippen LogP contribution in [-0.2, 0) is 0 Å². The van der Waals surface area contributed by atoms with Crippen molar-refractivity contribution in [1.82, 2.24) is 24.3 Å². The van der Waals surface area contributed by atoms with Crippen LogP contribution in [0.5, 0.6) is 0 Å². The number of halogens is 1. The molecule has 0 radical (unpaired) electrons. The van der Waals surface area contributed by atoms with E-state index in [0.29, 0.717) is 33.7 Å². The van der Waals surface area contributed by atoms with E-state index in [1.165, 1.54) is 6.92 Å². The number of ketones is 1. The van der Waals surface area contributed by atoms with Crippen LogP contribution in [0, 0.1) is 11.3 Å². The minimum atomic E-state index is -0.0473.